The van der Waals surface area contributed by atoms with Crippen molar-refractivity contribution in [2.45, 2.75) is 56.4 Å². The highest BCUT2D eigenvalue weighted by molar-refractivity contribution is 7.91. The lowest BCUT2D eigenvalue weighted by molar-refractivity contribution is 0.259. The Labute approximate surface area is 167 Å². The lowest BCUT2D eigenvalue weighted by atomic mass is 9.83. The first-order valence-corrected chi connectivity index (χ1v) is 11.2. The quantitative estimate of drug-likeness (QED) is 0.779. The Balaban J connectivity index is 1.49. The van der Waals surface area contributed by atoms with Gasteiger partial charge in [0.15, 0.2) is 9.92 Å². The molecule has 3 N–H and O–H groups in total. The molecular weight excluding hydrogens is 397 g/mol. The number of nitrogens with zero attached hydrogens (tertiary/aromatic N) is 3. The second-order valence-electron chi connectivity index (χ2n) is 8.37. The lowest BCUT2D eigenvalue weighted by Gasteiger charge is -2.26. The van der Waals surface area contributed by atoms with Gasteiger partial charge in [-0.15, -0.1) is 4.36 Å². The summed E-state index contributed by atoms with van der Waals surface area (Å²) in [6.45, 7) is 4.21. The Bertz CT molecular complexity index is 1190. The molecule has 3 aliphatic rings. The molecule has 1 unspecified atom stereocenters. The summed E-state index contributed by atoms with van der Waals surface area (Å²) in [5.74, 6) is 0.136. The van der Waals surface area contributed by atoms with Gasteiger partial charge in [-0.05, 0) is 68.2 Å². The van der Waals surface area contributed by atoms with E-state index in [4.69, 9.17) is 9.88 Å². The summed E-state index contributed by atoms with van der Waals surface area (Å²) in [5, 5.41) is 12.9. The van der Waals surface area contributed by atoms with Gasteiger partial charge >= 0.3 is 6.03 Å². The number of amides is 2. The maximum atomic E-state index is 14.6. The third kappa shape index (κ3) is 2.69. The van der Waals surface area contributed by atoms with Crippen LogP contribution in [0.25, 0.3) is 0 Å². The molecule has 1 atom stereocenters. The van der Waals surface area contributed by atoms with Gasteiger partial charge in [0.2, 0.25) is 5.88 Å². The van der Waals surface area contributed by atoms with Crippen LogP contribution in [-0.2, 0) is 41.1 Å². The van der Waals surface area contributed by atoms with Crippen molar-refractivity contribution in [1.82, 2.24) is 9.78 Å². The molecule has 154 valence electrons. The molecule has 2 heterocycles. The normalized spacial score (nSPS) is 20.0. The molecule has 29 heavy (non-hydrogen) atoms. The van der Waals surface area contributed by atoms with Crippen LogP contribution in [0.15, 0.2) is 15.5 Å². The fourth-order valence-corrected chi connectivity index (χ4v) is 5.35. The van der Waals surface area contributed by atoms with Crippen molar-refractivity contribution in [2.24, 2.45) is 9.50 Å². The number of urea groups is 1. The third-order valence-corrected chi connectivity index (χ3v) is 7.28. The van der Waals surface area contributed by atoms with E-state index in [0.717, 1.165) is 17.5 Å². The number of anilines is 1. The average molecular weight is 419 g/mol. The second-order valence-corrected chi connectivity index (χ2v) is 10.1. The first-order chi connectivity index (χ1) is 13.7. The number of ether oxygens (including phenoxy) is 1. The van der Waals surface area contributed by atoms with Gasteiger partial charge in [0.25, 0.3) is 0 Å². The highest BCUT2D eigenvalue weighted by atomic mass is 32.2. The maximum absolute atomic E-state index is 14.6. The van der Waals surface area contributed by atoms with E-state index in [0.29, 0.717) is 49.1 Å². The second kappa shape index (κ2) is 6.02. The predicted octanol–water partition coefficient (Wildman–Crippen LogP) is 2.67. The minimum atomic E-state index is -3.56. The van der Waals surface area contributed by atoms with Crippen LogP contribution in [0.3, 0.4) is 0 Å². The Kier molecular flexibility index (Phi) is 3.85. The predicted molar refractivity (Wildman–Crippen MR) is 105 cm³/mol. The van der Waals surface area contributed by atoms with Crippen molar-refractivity contribution in [1.29, 1.82) is 0 Å². The Hall–Kier alpha value is -2.46. The molecule has 1 aliphatic heterocycles. The number of benzene rings is 1. The molecule has 0 fully saturated rings. The van der Waals surface area contributed by atoms with Gasteiger partial charge in [-0.25, -0.2) is 23.2 Å². The average Bonchev–Trinajstić information content (AvgIpc) is 3.29. The minimum Gasteiger partial charge on any atom is -0.474 e. The number of aromatic nitrogens is 2. The number of rotatable bonds is 2. The van der Waals surface area contributed by atoms with Crippen LogP contribution in [0.1, 0.15) is 42.5 Å². The molecule has 0 radical (unpaired) electrons. The molecule has 0 bridgehead atoms. The van der Waals surface area contributed by atoms with E-state index in [1.165, 1.54) is 6.20 Å². The summed E-state index contributed by atoms with van der Waals surface area (Å²) in [5.41, 5.74) is 3.19. The van der Waals surface area contributed by atoms with Crippen molar-refractivity contribution in [2.75, 3.05) is 11.9 Å². The molecule has 0 saturated carbocycles. The van der Waals surface area contributed by atoms with E-state index in [1.54, 1.807) is 4.68 Å². The summed E-state index contributed by atoms with van der Waals surface area (Å²) in [6, 6.07) is -0.815. The number of hydrogen-bond donors (Lipinski definition) is 2. The minimum absolute atomic E-state index is 0.0931. The zero-order valence-electron chi connectivity index (χ0n) is 16.2. The van der Waals surface area contributed by atoms with Gasteiger partial charge in [-0.3, -0.25) is 0 Å². The Morgan fingerprint density at radius 2 is 1.93 bits per heavy atom. The van der Waals surface area contributed by atoms with E-state index in [-0.39, 0.29) is 16.6 Å². The fraction of sp³-hybridized carbons (Fsp3) is 0.474. The van der Waals surface area contributed by atoms with Crippen LogP contribution in [0, 0.1) is 5.82 Å². The maximum Gasteiger partial charge on any atom is 0.354 e. The molecule has 2 aromatic rings. The van der Waals surface area contributed by atoms with Crippen LogP contribution in [0.5, 0.6) is 5.88 Å². The molecule has 1 aromatic carbocycles. The molecule has 10 heteroatoms. The number of nitrogens with one attached hydrogen (secondary N) is 1. The molecular formula is C19H22FN5O3S. The van der Waals surface area contributed by atoms with Crippen LogP contribution in [0.2, 0.25) is 0 Å². The van der Waals surface area contributed by atoms with Crippen LogP contribution in [0.4, 0.5) is 14.9 Å². The zero-order valence-corrected chi connectivity index (χ0v) is 17.1. The standard InChI is InChI=1S/C19H22FN5O3S/c1-19(2)9-28-17-14(8-22-25(17)19)29(21,27)24-18(26)23-16-12-5-3-4-10(12)15(20)11-6-7-13(11)16/h8H,3-7,9H2,1-2H3,(H3,21,23,24,26,27). The number of carbonyl (C=O) groups excluding carboxylic acids is 1. The van der Waals surface area contributed by atoms with Crippen molar-refractivity contribution in [3.05, 3.63) is 34.3 Å². The fourth-order valence-electron chi connectivity index (χ4n) is 4.36. The largest absolute Gasteiger partial charge is 0.474 e. The summed E-state index contributed by atoms with van der Waals surface area (Å²) < 4.78 is 38.5. The molecule has 2 amide bonds. The van der Waals surface area contributed by atoms with Gasteiger partial charge in [0.1, 0.15) is 17.3 Å². The van der Waals surface area contributed by atoms with Gasteiger partial charge in [0, 0.05) is 5.69 Å². The van der Waals surface area contributed by atoms with Crippen molar-refractivity contribution < 1.29 is 18.1 Å². The van der Waals surface area contributed by atoms with Crippen LogP contribution in [-0.4, -0.2) is 26.6 Å². The Morgan fingerprint density at radius 1 is 1.28 bits per heavy atom. The number of halogens is 1. The summed E-state index contributed by atoms with van der Waals surface area (Å²) in [7, 11) is -3.56. The zero-order chi connectivity index (χ0) is 20.6. The summed E-state index contributed by atoms with van der Waals surface area (Å²) >= 11 is 0. The van der Waals surface area contributed by atoms with Crippen molar-refractivity contribution in [3.8, 4) is 5.88 Å². The highest BCUT2D eigenvalue weighted by Crippen LogP contribution is 2.42. The number of hydrogen-bond acceptors (Lipinski definition) is 4. The molecule has 0 saturated heterocycles. The summed E-state index contributed by atoms with van der Waals surface area (Å²) in [4.78, 5) is 12.7. The lowest BCUT2D eigenvalue weighted by Crippen LogP contribution is -2.26. The Morgan fingerprint density at radius 3 is 2.66 bits per heavy atom. The number of nitrogens with two attached hydrogens (primary N) is 1. The number of carbonyl (C=O) groups is 1. The number of fused-ring (bicyclic) bond motifs is 3. The van der Waals surface area contributed by atoms with Crippen molar-refractivity contribution >= 4 is 21.6 Å². The van der Waals surface area contributed by atoms with E-state index < -0.39 is 21.5 Å². The first-order valence-electron chi connectivity index (χ1n) is 9.61. The van der Waals surface area contributed by atoms with Gasteiger partial charge in [-0.1, -0.05) is 0 Å². The highest BCUT2D eigenvalue weighted by Gasteiger charge is 2.37. The molecule has 0 spiro atoms. The van der Waals surface area contributed by atoms with Crippen LogP contribution >= 0.6 is 0 Å². The van der Waals surface area contributed by atoms with Gasteiger partial charge < -0.3 is 10.1 Å². The van der Waals surface area contributed by atoms with E-state index in [2.05, 4.69) is 14.8 Å². The topological polar surface area (TPSA) is 112 Å². The van der Waals surface area contributed by atoms with Crippen molar-refractivity contribution in [3.63, 3.8) is 0 Å². The van der Waals surface area contributed by atoms with Gasteiger partial charge in [-0.2, -0.15) is 5.10 Å². The molecule has 1 aromatic heterocycles. The third-order valence-electron chi connectivity index (χ3n) is 5.94. The molecule has 2 aliphatic carbocycles. The van der Waals surface area contributed by atoms with Gasteiger partial charge in [0.05, 0.1) is 11.7 Å². The molecule has 5 rings (SSSR count). The first kappa shape index (κ1) is 18.6. The van der Waals surface area contributed by atoms with E-state index in [9.17, 15) is 13.4 Å². The summed E-state index contributed by atoms with van der Waals surface area (Å²) in [6.07, 6.45) is 4.91. The molecule has 8 nitrogen and oxygen atoms in total. The van der Waals surface area contributed by atoms with E-state index in [1.807, 2.05) is 13.8 Å². The monoisotopic (exact) mass is 419 g/mol. The smallest absolute Gasteiger partial charge is 0.354 e. The van der Waals surface area contributed by atoms with Crippen LogP contribution < -0.4 is 15.2 Å². The van der Waals surface area contributed by atoms with E-state index >= 15 is 0 Å². The SMILES string of the molecule is CC1(C)COc2c(S(N)(=O)=NC(=O)Nc3c4c(c(F)c5c3CC5)CCC4)cnn21.